The molecule has 3 nitrogen and oxygen atoms in total. The highest BCUT2D eigenvalue weighted by molar-refractivity contribution is 9.09. The first kappa shape index (κ1) is 16.0. The zero-order valence-electron chi connectivity index (χ0n) is 11.5. The number of rotatable bonds is 9. The van der Waals surface area contributed by atoms with Gasteiger partial charge in [-0.3, -0.25) is 4.79 Å². The Morgan fingerprint density at radius 3 is 2.58 bits per heavy atom. The van der Waals surface area contributed by atoms with Crippen molar-refractivity contribution in [3.8, 4) is 5.75 Å². The molecular weight excluding hydrogens is 306 g/mol. The molecule has 1 N–H and O–H groups in total. The molecule has 1 rings (SSSR count). The van der Waals surface area contributed by atoms with Gasteiger partial charge in [0.25, 0.3) is 0 Å². The van der Waals surface area contributed by atoms with Gasteiger partial charge in [0.1, 0.15) is 5.75 Å². The number of nitrogens with one attached hydrogen (secondary N) is 1. The number of carbonyl (C=O) groups is 1. The first-order valence-electron chi connectivity index (χ1n) is 6.80. The van der Waals surface area contributed by atoms with Crippen molar-refractivity contribution in [2.24, 2.45) is 0 Å². The van der Waals surface area contributed by atoms with Gasteiger partial charge in [-0.1, -0.05) is 54.2 Å². The van der Waals surface area contributed by atoms with Gasteiger partial charge in [-0.2, -0.15) is 0 Å². The van der Waals surface area contributed by atoms with E-state index in [9.17, 15) is 4.79 Å². The van der Waals surface area contributed by atoms with Crippen LogP contribution in [0.15, 0.2) is 24.3 Å². The molecule has 0 unspecified atom stereocenters. The first-order valence-corrected chi connectivity index (χ1v) is 7.92. The zero-order valence-corrected chi connectivity index (χ0v) is 13.0. The predicted molar refractivity (Wildman–Crippen MR) is 81.7 cm³/mol. The molecule has 0 atom stereocenters. The normalized spacial score (nSPS) is 10.2. The second-order valence-corrected chi connectivity index (χ2v) is 5.02. The van der Waals surface area contributed by atoms with Gasteiger partial charge >= 0.3 is 0 Å². The van der Waals surface area contributed by atoms with Crippen molar-refractivity contribution in [3.05, 3.63) is 29.8 Å². The van der Waals surface area contributed by atoms with Crippen molar-refractivity contribution in [1.29, 1.82) is 0 Å². The molecule has 0 spiro atoms. The number of amides is 1. The average Bonchev–Trinajstić information content (AvgIpc) is 2.45. The van der Waals surface area contributed by atoms with Crippen LogP contribution in [0.3, 0.4) is 0 Å². The maximum absolute atomic E-state index is 11.1. The van der Waals surface area contributed by atoms with Crippen LogP contribution in [0.2, 0.25) is 0 Å². The lowest BCUT2D eigenvalue weighted by molar-refractivity contribution is -0.118. The van der Waals surface area contributed by atoms with E-state index in [1.165, 1.54) is 19.3 Å². The predicted octanol–water partition coefficient (Wildman–Crippen LogP) is 3.66. The Bertz CT molecular complexity index is 365. The second kappa shape index (κ2) is 9.84. The molecule has 0 fully saturated rings. The van der Waals surface area contributed by atoms with Gasteiger partial charge < -0.3 is 10.1 Å². The summed E-state index contributed by atoms with van der Waals surface area (Å²) in [6, 6.07) is 7.87. The van der Waals surface area contributed by atoms with Crippen LogP contribution in [-0.2, 0) is 11.3 Å². The number of unbranched alkanes of at least 4 members (excludes halogenated alkanes) is 3. The molecular formula is C15H22BrNO2. The summed E-state index contributed by atoms with van der Waals surface area (Å²) in [6.07, 6.45) is 4.86. The summed E-state index contributed by atoms with van der Waals surface area (Å²) in [6.45, 7) is 3.54. The molecule has 19 heavy (non-hydrogen) atoms. The number of carbonyl (C=O) groups excluding carboxylic acids is 1. The van der Waals surface area contributed by atoms with Crippen molar-refractivity contribution < 1.29 is 9.53 Å². The summed E-state index contributed by atoms with van der Waals surface area (Å²) in [5, 5.41) is 3.15. The maximum Gasteiger partial charge on any atom is 0.230 e. The molecule has 0 aliphatic rings. The molecule has 1 aromatic rings. The van der Waals surface area contributed by atoms with Crippen LogP contribution in [0, 0.1) is 0 Å². The highest BCUT2D eigenvalue weighted by Crippen LogP contribution is 2.13. The van der Waals surface area contributed by atoms with Crippen molar-refractivity contribution in [3.63, 3.8) is 0 Å². The quantitative estimate of drug-likeness (QED) is 0.555. The SMILES string of the molecule is CCCCCCOc1ccc(CNC(=O)CBr)cc1. The van der Waals surface area contributed by atoms with Gasteiger partial charge in [-0.05, 0) is 24.1 Å². The second-order valence-electron chi connectivity index (χ2n) is 4.46. The lowest BCUT2D eigenvalue weighted by atomic mass is 10.2. The first-order chi connectivity index (χ1) is 9.26. The summed E-state index contributed by atoms with van der Waals surface area (Å²) in [5.41, 5.74) is 1.08. The van der Waals surface area contributed by atoms with Crippen molar-refractivity contribution in [2.75, 3.05) is 11.9 Å². The minimum Gasteiger partial charge on any atom is -0.494 e. The minimum absolute atomic E-state index is 0.00347. The van der Waals surface area contributed by atoms with E-state index in [1.54, 1.807) is 0 Å². The van der Waals surface area contributed by atoms with Crippen LogP contribution in [0.4, 0.5) is 0 Å². The number of alkyl halides is 1. The Morgan fingerprint density at radius 2 is 1.95 bits per heavy atom. The van der Waals surface area contributed by atoms with E-state index < -0.39 is 0 Å². The Kier molecular flexibility index (Phi) is 8.30. The largest absolute Gasteiger partial charge is 0.494 e. The summed E-state index contributed by atoms with van der Waals surface area (Å²) >= 11 is 3.11. The molecule has 106 valence electrons. The Hall–Kier alpha value is -1.03. The number of hydrogen-bond acceptors (Lipinski definition) is 2. The van der Waals surface area contributed by atoms with Gasteiger partial charge in [0.15, 0.2) is 0 Å². The number of halogens is 1. The third-order valence-electron chi connectivity index (χ3n) is 2.80. The highest BCUT2D eigenvalue weighted by Gasteiger charge is 1.99. The molecule has 0 aliphatic heterocycles. The van der Waals surface area contributed by atoms with Crippen molar-refractivity contribution in [2.45, 2.75) is 39.2 Å². The lowest BCUT2D eigenvalue weighted by Crippen LogP contribution is -2.23. The topological polar surface area (TPSA) is 38.3 Å². The molecule has 0 saturated carbocycles. The van der Waals surface area contributed by atoms with Crippen LogP contribution in [0.25, 0.3) is 0 Å². The Balaban J connectivity index is 2.25. The van der Waals surface area contributed by atoms with Crippen LogP contribution < -0.4 is 10.1 Å². The molecule has 1 amide bonds. The molecule has 4 heteroatoms. The summed E-state index contributed by atoms with van der Waals surface area (Å²) < 4.78 is 5.66. The zero-order chi connectivity index (χ0) is 13.9. The number of benzene rings is 1. The Labute approximate surface area is 123 Å². The minimum atomic E-state index is -0.00347. The van der Waals surface area contributed by atoms with E-state index in [0.29, 0.717) is 11.9 Å². The van der Waals surface area contributed by atoms with Crippen LogP contribution >= 0.6 is 15.9 Å². The maximum atomic E-state index is 11.1. The van der Waals surface area contributed by atoms with Gasteiger partial charge in [0.05, 0.1) is 11.9 Å². The smallest absolute Gasteiger partial charge is 0.230 e. The third-order valence-corrected chi connectivity index (χ3v) is 3.31. The highest BCUT2D eigenvalue weighted by atomic mass is 79.9. The van der Waals surface area contributed by atoms with Crippen molar-refractivity contribution in [1.82, 2.24) is 5.32 Å². The van der Waals surface area contributed by atoms with Crippen LogP contribution in [0.5, 0.6) is 5.75 Å². The van der Waals surface area contributed by atoms with E-state index in [4.69, 9.17) is 4.74 Å². The molecule has 0 bridgehead atoms. The summed E-state index contributed by atoms with van der Waals surface area (Å²) in [5.74, 6) is 0.892. The fraction of sp³-hybridized carbons (Fsp3) is 0.533. The molecule has 0 saturated heterocycles. The van der Waals surface area contributed by atoms with E-state index in [2.05, 4.69) is 28.2 Å². The molecule has 1 aromatic carbocycles. The van der Waals surface area contributed by atoms with E-state index in [0.717, 1.165) is 24.3 Å². The van der Waals surface area contributed by atoms with Crippen LogP contribution in [0.1, 0.15) is 38.2 Å². The van der Waals surface area contributed by atoms with Crippen LogP contribution in [-0.4, -0.2) is 17.8 Å². The molecule has 0 aliphatic carbocycles. The Morgan fingerprint density at radius 1 is 1.21 bits per heavy atom. The fourth-order valence-corrected chi connectivity index (χ4v) is 1.87. The molecule has 0 heterocycles. The number of hydrogen-bond donors (Lipinski definition) is 1. The van der Waals surface area contributed by atoms with Gasteiger partial charge in [0.2, 0.25) is 5.91 Å². The van der Waals surface area contributed by atoms with E-state index in [-0.39, 0.29) is 5.91 Å². The molecule has 0 radical (unpaired) electrons. The van der Waals surface area contributed by atoms with Gasteiger partial charge in [-0.15, -0.1) is 0 Å². The monoisotopic (exact) mass is 327 g/mol. The van der Waals surface area contributed by atoms with E-state index in [1.807, 2.05) is 24.3 Å². The lowest BCUT2D eigenvalue weighted by Gasteiger charge is -2.07. The standard InChI is InChI=1S/C15H22BrNO2/c1-2-3-4-5-10-19-14-8-6-13(7-9-14)12-17-15(18)11-16/h6-9H,2-5,10-12H2,1H3,(H,17,18). The summed E-state index contributed by atoms with van der Waals surface area (Å²) in [7, 11) is 0. The van der Waals surface area contributed by atoms with E-state index >= 15 is 0 Å². The average molecular weight is 328 g/mol. The fourth-order valence-electron chi connectivity index (χ4n) is 1.67. The summed E-state index contributed by atoms with van der Waals surface area (Å²) in [4.78, 5) is 11.1. The molecule has 0 aromatic heterocycles. The van der Waals surface area contributed by atoms with Gasteiger partial charge in [-0.25, -0.2) is 0 Å². The number of ether oxygens (including phenoxy) is 1. The van der Waals surface area contributed by atoms with Crippen molar-refractivity contribution >= 4 is 21.8 Å². The van der Waals surface area contributed by atoms with Gasteiger partial charge in [0, 0.05) is 6.54 Å². The third kappa shape index (κ3) is 7.21.